The molecule has 0 fully saturated rings. The number of aromatic nitrogens is 3. The lowest BCUT2D eigenvalue weighted by molar-refractivity contribution is -0.113. The van der Waals surface area contributed by atoms with Gasteiger partial charge in [0.25, 0.3) is 0 Å². The number of halogens is 2. The summed E-state index contributed by atoms with van der Waals surface area (Å²) in [5, 5.41) is 15.7. The molecule has 0 aliphatic heterocycles. The van der Waals surface area contributed by atoms with Crippen molar-refractivity contribution in [3.63, 3.8) is 0 Å². The second kappa shape index (κ2) is 9.53. The monoisotopic (exact) mass is 494 g/mol. The van der Waals surface area contributed by atoms with Gasteiger partial charge in [-0.2, -0.15) is 0 Å². The number of hydrogen-bond donors (Lipinski definition) is 1. The Bertz CT molecular complexity index is 1090. The molecular weight excluding hydrogens is 471 g/mol. The molecule has 2 heterocycles. The van der Waals surface area contributed by atoms with E-state index in [2.05, 4.69) is 46.2 Å². The zero-order valence-corrected chi connectivity index (χ0v) is 20.8. The molecule has 4 rings (SSSR count). The van der Waals surface area contributed by atoms with Gasteiger partial charge in [0.2, 0.25) is 5.91 Å². The minimum absolute atomic E-state index is 0.148. The highest BCUT2D eigenvalue weighted by molar-refractivity contribution is 7.99. The van der Waals surface area contributed by atoms with Crippen LogP contribution in [-0.4, -0.2) is 26.4 Å². The van der Waals surface area contributed by atoms with Gasteiger partial charge < -0.3 is 5.32 Å². The van der Waals surface area contributed by atoms with E-state index in [1.807, 2.05) is 11.3 Å². The second-order valence-electron chi connectivity index (χ2n) is 8.16. The molecule has 1 aliphatic carbocycles. The summed E-state index contributed by atoms with van der Waals surface area (Å²) in [6, 6.07) is 5.15. The van der Waals surface area contributed by atoms with Crippen molar-refractivity contribution < 1.29 is 4.79 Å². The van der Waals surface area contributed by atoms with E-state index in [1.165, 1.54) is 34.2 Å². The smallest absolute Gasteiger partial charge is 0.234 e. The summed E-state index contributed by atoms with van der Waals surface area (Å²) in [6.07, 6.45) is 3.44. The van der Waals surface area contributed by atoms with Crippen molar-refractivity contribution in [2.24, 2.45) is 5.92 Å². The third kappa shape index (κ3) is 5.11. The summed E-state index contributed by atoms with van der Waals surface area (Å²) in [5.74, 6) is 1.70. The third-order valence-corrected chi connectivity index (χ3v) is 7.73. The minimum atomic E-state index is -0.148. The summed E-state index contributed by atoms with van der Waals surface area (Å²) in [4.78, 5) is 13.9. The van der Waals surface area contributed by atoms with E-state index in [4.69, 9.17) is 23.2 Å². The number of benzene rings is 1. The molecule has 9 heteroatoms. The number of thiophene rings is 1. The number of amides is 1. The van der Waals surface area contributed by atoms with Gasteiger partial charge in [0.1, 0.15) is 0 Å². The number of hydrogen-bond acceptors (Lipinski definition) is 5. The van der Waals surface area contributed by atoms with E-state index in [9.17, 15) is 4.79 Å². The third-order valence-electron chi connectivity index (χ3n) is 5.30. The Balaban J connectivity index is 1.51. The highest BCUT2D eigenvalue weighted by Gasteiger charge is 2.25. The van der Waals surface area contributed by atoms with Crippen LogP contribution < -0.4 is 5.32 Å². The van der Waals surface area contributed by atoms with Gasteiger partial charge in [0.05, 0.1) is 5.75 Å². The molecule has 1 atom stereocenters. The first-order valence-corrected chi connectivity index (χ1v) is 12.9. The molecule has 0 radical (unpaired) electrons. The zero-order valence-electron chi connectivity index (χ0n) is 17.6. The average Bonchev–Trinajstić information content (AvgIpc) is 3.28. The molecule has 5 nitrogen and oxygen atoms in total. The van der Waals surface area contributed by atoms with Crippen LogP contribution in [0.25, 0.3) is 11.4 Å². The SMILES string of the molecule is CC1CCc2c(-c3nnc(SCC(=O)Nc4cc(Cl)cc(Cl)c4)n3C(C)C)csc2C1. The molecule has 0 saturated heterocycles. The molecule has 0 bridgehead atoms. The molecule has 0 spiro atoms. The molecule has 31 heavy (non-hydrogen) atoms. The van der Waals surface area contributed by atoms with Gasteiger partial charge in [-0.1, -0.05) is 41.9 Å². The number of rotatable bonds is 6. The first kappa shape index (κ1) is 22.6. The molecule has 2 aromatic heterocycles. The van der Waals surface area contributed by atoms with Crippen molar-refractivity contribution in [2.75, 3.05) is 11.1 Å². The minimum Gasteiger partial charge on any atom is -0.325 e. The van der Waals surface area contributed by atoms with Crippen molar-refractivity contribution in [1.82, 2.24) is 14.8 Å². The summed E-state index contributed by atoms with van der Waals surface area (Å²) >= 11 is 15.2. The van der Waals surface area contributed by atoms with E-state index in [0.717, 1.165) is 29.7 Å². The predicted molar refractivity (Wildman–Crippen MR) is 131 cm³/mol. The lowest BCUT2D eigenvalue weighted by atomic mass is 9.88. The van der Waals surface area contributed by atoms with Crippen LogP contribution in [-0.2, 0) is 17.6 Å². The standard InChI is InChI=1S/C22H24Cl2N4OS2/c1-12(2)28-21(18-10-30-19-6-13(3)4-5-17(18)19)26-27-22(28)31-11-20(29)25-16-8-14(23)7-15(24)9-16/h7-10,12-13H,4-6,11H2,1-3H3,(H,25,29). The Morgan fingerprint density at radius 1 is 1.29 bits per heavy atom. The van der Waals surface area contributed by atoms with E-state index in [0.29, 0.717) is 15.7 Å². The van der Waals surface area contributed by atoms with Crippen molar-refractivity contribution in [1.29, 1.82) is 0 Å². The van der Waals surface area contributed by atoms with Crippen LogP contribution >= 0.6 is 46.3 Å². The quantitative estimate of drug-likeness (QED) is 0.385. The number of carbonyl (C=O) groups is 1. The topological polar surface area (TPSA) is 59.8 Å². The predicted octanol–water partition coefficient (Wildman–Crippen LogP) is 6.75. The Labute approximate surface area is 200 Å². The highest BCUT2D eigenvalue weighted by atomic mass is 35.5. The lowest BCUT2D eigenvalue weighted by Gasteiger charge is -2.19. The van der Waals surface area contributed by atoms with Crippen LogP contribution in [0.15, 0.2) is 28.7 Å². The fourth-order valence-corrected chi connectivity index (χ4v) is 6.48. The van der Waals surface area contributed by atoms with Gasteiger partial charge in [-0.25, -0.2) is 0 Å². The van der Waals surface area contributed by atoms with Gasteiger partial charge in [-0.15, -0.1) is 21.5 Å². The maximum Gasteiger partial charge on any atom is 0.234 e. The van der Waals surface area contributed by atoms with E-state index < -0.39 is 0 Å². The Kier molecular flexibility index (Phi) is 6.96. The van der Waals surface area contributed by atoms with Crippen LogP contribution in [0.4, 0.5) is 5.69 Å². The molecule has 1 aromatic carbocycles. The van der Waals surface area contributed by atoms with Crippen LogP contribution in [0, 0.1) is 5.92 Å². The fourth-order valence-electron chi connectivity index (χ4n) is 3.84. The van der Waals surface area contributed by atoms with Gasteiger partial charge in [0.15, 0.2) is 11.0 Å². The fraction of sp³-hybridized carbons (Fsp3) is 0.409. The summed E-state index contributed by atoms with van der Waals surface area (Å²) < 4.78 is 2.13. The van der Waals surface area contributed by atoms with Crippen LogP contribution in [0.1, 0.15) is 43.7 Å². The Hall–Kier alpha value is -1.54. The van der Waals surface area contributed by atoms with Crippen molar-refractivity contribution in [3.05, 3.63) is 44.1 Å². The summed E-state index contributed by atoms with van der Waals surface area (Å²) in [6.45, 7) is 6.55. The number of fused-ring (bicyclic) bond motifs is 1. The molecular formula is C22H24Cl2N4OS2. The molecule has 1 unspecified atom stereocenters. The van der Waals surface area contributed by atoms with Crippen molar-refractivity contribution in [2.45, 2.75) is 51.2 Å². The van der Waals surface area contributed by atoms with Crippen LogP contribution in [0.2, 0.25) is 10.0 Å². The maximum absolute atomic E-state index is 12.5. The molecule has 1 amide bonds. The second-order valence-corrected chi connectivity index (χ2v) is 10.9. The van der Waals surface area contributed by atoms with Crippen molar-refractivity contribution in [3.8, 4) is 11.4 Å². The number of anilines is 1. The Morgan fingerprint density at radius 3 is 2.74 bits per heavy atom. The van der Waals surface area contributed by atoms with E-state index in [-0.39, 0.29) is 17.7 Å². The first-order valence-electron chi connectivity index (χ1n) is 10.2. The van der Waals surface area contributed by atoms with Crippen molar-refractivity contribution >= 4 is 57.9 Å². The first-order chi connectivity index (χ1) is 14.8. The Morgan fingerprint density at radius 2 is 2.03 bits per heavy atom. The number of thioether (sulfide) groups is 1. The molecule has 164 valence electrons. The van der Waals surface area contributed by atoms with E-state index >= 15 is 0 Å². The average molecular weight is 496 g/mol. The zero-order chi connectivity index (χ0) is 22.1. The number of carbonyl (C=O) groups excluding carboxylic acids is 1. The molecule has 1 N–H and O–H groups in total. The number of nitrogens with one attached hydrogen (secondary N) is 1. The summed E-state index contributed by atoms with van der Waals surface area (Å²) in [7, 11) is 0. The van der Waals surface area contributed by atoms with Crippen LogP contribution in [0.3, 0.4) is 0 Å². The highest BCUT2D eigenvalue weighted by Crippen LogP contribution is 2.39. The molecule has 0 saturated carbocycles. The molecule has 1 aliphatic rings. The maximum atomic E-state index is 12.5. The van der Waals surface area contributed by atoms with Gasteiger partial charge in [-0.05, 0) is 62.8 Å². The van der Waals surface area contributed by atoms with E-state index in [1.54, 1.807) is 18.2 Å². The lowest BCUT2D eigenvalue weighted by Crippen LogP contribution is -2.15. The van der Waals surface area contributed by atoms with Crippen LogP contribution in [0.5, 0.6) is 0 Å². The normalized spacial score (nSPS) is 15.9. The van der Waals surface area contributed by atoms with Gasteiger partial charge in [0, 0.05) is 37.6 Å². The summed E-state index contributed by atoms with van der Waals surface area (Å²) in [5.41, 5.74) is 3.19. The number of nitrogens with zero attached hydrogens (tertiary/aromatic N) is 3. The van der Waals surface area contributed by atoms with Gasteiger partial charge in [-0.3, -0.25) is 9.36 Å². The largest absolute Gasteiger partial charge is 0.325 e. The molecule has 3 aromatic rings. The van der Waals surface area contributed by atoms with Gasteiger partial charge >= 0.3 is 0 Å².